The van der Waals surface area contributed by atoms with Gasteiger partial charge in [0.1, 0.15) is 6.04 Å². The van der Waals surface area contributed by atoms with Gasteiger partial charge >= 0.3 is 12.0 Å². The molecule has 0 aromatic rings. The number of carboxylic acids is 1. The largest absolute Gasteiger partial charge is 0.480 e. The molecule has 1 rings (SSSR count). The van der Waals surface area contributed by atoms with Gasteiger partial charge < -0.3 is 20.6 Å². The first-order valence-electron chi connectivity index (χ1n) is 6.80. The van der Waals surface area contributed by atoms with Crippen molar-refractivity contribution < 1.29 is 14.7 Å². The Balaban J connectivity index is 2.30. The number of likely N-dealkylation sites (tertiary alicyclic amines) is 1. The summed E-state index contributed by atoms with van der Waals surface area (Å²) in [5.74, 6) is -1.01. The van der Waals surface area contributed by atoms with Gasteiger partial charge in [-0.2, -0.15) is 0 Å². The second-order valence-corrected chi connectivity index (χ2v) is 6.09. The van der Waals surface area contributed by atoms with E-state index in [4.69, 9.17) is 5.11 Å². The van der Waals surface area contributed by atoms with E-state index in [-0.39, 0.29) is 0 Å². The van der Waals surface area contributed by atoms with Crippen molar-refractivity contribution in [3.05, 3.63) is 0 Å². The van der Waals surface area contributed by atoms with Crippen LogP contribution in [-0.4, -0.2) is 54.2 Å². The SMILES string of the molecule is CC(C)(C)[C@H](NC(=O)NCCN1CCCC1)C(=O)O. The lowest BCUT2D eigenvalue weighted by Gasteiger charge is -2.27. The maximum absolute atomic E-state index is 11.7. The summed E-state index contributed by atoms with van der Waals surface area (Å²) in [6.07, 6.45) is 2.44. The zero-order valence-electron chi connectivity index (χ0n) is 12.0. The molecule has 0 spiro atoms. The topological polar surface area (TPSA) is 81.7 Å². The maximum Gasteiger partial charge on any atom is 0.326 e. The first-order chi connectivity index (χ1) is 8.80. The molecule has 0 aromatic heterocycles. The molecular weight excluding hydrogens is 246 g/mol. The Morgan fingerprint density at radius 1 is 1.26 bits per heavy atom. The third kappa shape index (κ3) is 5.46. The van der Waals surface area contributed by atoms with E-state index < -0.39 is 23.5 Å². The smallest absolute Gasteiger partial charge is 0.326 e. The van der Waals surface area contributed by atoms with Crippen LogP contribution >= 0.6 is 0 Å². The quantitative estimate of drug-likeness (QED) is 0.693. The van der Waals surface area contributed by atoms with Crippen molar-refractivity contribution in [1.82, 2.24) is 15.5 Å². The van der Waals surface area contributed by atoms with E-state index in [9.17, 15) is 9.59 Å². The molecule has 6 nitrogen and oxygen atoms in total. The number of nitrogens with zero attached hydrogens (tertiary/aromatic N) is 1. The zero-order valence-corrected chi connectivity index (χ0v) is 12.0. The van der Waals surface area contributed by atoms with Crippen LogP contribution in [0.15, 0.2) is 0 Å². The minimum absolute atomic E-state index is 0.415. The fraction of sp³-hybridized carbons (Fsp3) is 0.846. The number of aliphatic carboxylic acids is 1. The summed E-state index contributed by atoms with van der Waals surface area (Å²) in [7, 11) is 0. The number of urea groups is 1. The van der Waals surface area contributed by atoms with Gasteiger partial charge in [0.2, 0.25) is 0 Å². The van der Waals surface area contributed by atoms with Crippen LogP contribution in [0.5, 0.6) is 0 Å². The third-order valence-corrected chi connectivity index (χ3v) is 3.30. The van der Waals surface area contributed by atoms with Crippen molar-refractivity contribution in [2.45, 2.75) is 39.7 Å². The summed E-state index contributed by atoms with van der Waals surface area (Å²) in [5, 5.41) is 14.3. The van der Waals surface area contributed by atoms with E-state index >= 15 is 0 Å². The molecule has 1 heterocycles. The van der Waals surface area contributed by atoms with Crippen LogP contribution in [0.2, 0.25) is 0 Å². The summed E-state index contributed by atoms with van der Waals surface area (Å²) in [4.78, 5) is 25.1. The van der Waals surface area contributed by atoms with E-state index in [0.717, 1.165) is 19.6 Å². The van der Waals surface area contributed by atoms with E-state index in [1.807, 2.05) is 0 Å². The van der Waals surface area contributed by atoms with Crippen LogP contribution in [0.4, 0.5) is 4.79 Å². The van der Waals surface area contributed by atoms with Crippen molar-refractivity contribution in [3.8, 4) is 0 Å². The Morgan fingerprint density at radius 2 is 1.84 bits per heavy atom. The molecular formula is C13H25N3O3. The van der Waals surface area contributed by atoms with Crippen molar-refractivity contribution >= 4 is 12.0 Å². The van der Waals surface area contributed by atoms with Crippen LogP contribution in [0.25, 0.3) is 0 Å². The number of carbonyl (C=O) groups is 2. The first-order valence-corrected chi connectivity index (χ1v) is 6.80. The number of carboxylic acid groups (broad SMARTS) is 1. The molecule has 6 heteroatoms. The summed E-state index contributed by atoms with van der Waals surface area (Å²) in [5.41, 5.74) is -0.516. The highest BCUT2D eigenvalue weighted by Crippen LogP contribution is 2.19. The average Bonchev–Trinajstić information content (AvgIpc) is 2.77. The lowest BCUT2D eigenvalue weighted by molar-refractivity contribution is -0.141. The molecule has 1 atom stereocenters. The lowest BCUT2D eigenvalue weighted by atomic mass is 9.87. The average molecular weight is 271 g/mol. The second-order valence-electron chi connectivity index (χ2n) is 6.09. The monoisotopic (exact) mass is 271 g/mol. The highest BCUT2D eigenvalue weighted by Gasteiger charge is 2.32. The standard InChI is InChI=1S/C13H25N3O3/c1-13(2,3)10(11(17)18)15-12(19)14-6-9-16-7-4-5-8-16/h10H,4-9H2,1-3H3,(H,17,18)(H2,14,15,19)/t10-/m1/s1. The van der Waals surface area contributed by atoms with Crippen LogP contribution in [0.3, 0.4) is 0 Å². The molecule has 1 aliphatic heterocycles. The minimum atomic E-state index is -1.01. The van der Waals surface area contributed by atoms with Crippen molar-refractivity contribution in [1.29, 1.82) is 0 Å². The lowest BCUT2D eigenvalue weighted by Crippen LogP contribution is -2.52. The van der Waals surface area contributed by atoms with E-state index in [0.29, 0.717) is 6.54 Å². The van der Waals surface area contributed by atoms with Crippen molar-refractivity contribution in [3.63, 3.8) is 0 Å². The van der Waals surface area contributed by atoms with Gasteiger partial charge in [-0.1, -0.05) is 20.8 Å². The van der Waals surface area contributed by atoms with Crippen LogP contribution in [0.1, 0.15) is 33.6 Å². The molecule has 0 bridgehead atoms. The number of hydrogen-bond acceptors (Lipinski definition) is 3. The second kappa shape index (κ2) is 6.75. The van der Waals surface area contributed by atoms with Crippen LogP contribution < -0.4 is 10.6 Å². The molecule has 0 aromatic carbocycles. The van der Waals surface area contributed by atoms with Gasteiger partial charge in [-0.3, -0.25) is 0 Å². The number of hydrogen-bond donors (Lipinski definition) is 3. The van der Waals surface area contributed by atoms with Gasteiger partial charge in [-0.15, -0.1) is 0 Å². The van der Waals surface area contributed by atoms with Gasteiger partial charge in [-0.25, -0.2) is 9.59 Å². The molecule has 1 aliphatic rings. The van der Waals surface area contributed by atoms with Crippen LogP contribution in [-0.2, 0) is 4.79 Å². The highest BCUT2D eigenvalue weighted by molar-refractivity contribution is 5.83. The molecule has 0 saturated carbocycles. The van der Waals surface area contributed by atoms with Crippen LogP contribution in [0, 0.1) is 5.41 Å². The van der Waals surface area contributed by atoms with Gasteiger partial charge in [0.25, 0.3) is 0 Å². The van der Waals surface area contributed by atoms with Crippen molar-refractivity contribution in [2.75, 3.05) is 26.2 Å². The van der Waals surface area contributed by atoms with Crippen molar-refractivity contribution in [2.24, 2.45) is 5.41 Å². The molecule has 19 heavy (non-hydrogen) atoms. The zero-order chi connectivity index (χ0) is 14.5. The molecule has 110 valence electrons. The Kier molecular flexibility index (Phi) is 5.60. The predicted molar refractivity (Wildman–Crippen MR) is 73.1 cm³/mol. The first kappa shape index (κ1) is 15.8. The molecule has 0 unspecified atom stereocenters. The van der Waals surface area contributed by atoms with E-state index in [1.54, 1.807) is 20.8 Å². The Labute approximate surface area is 114 Å². The fourth-order valence-electron chi connectivity index (χ4n) is 2.16. The summed E-state index contributed by atoms with van der Waals surface area (Å²) in [6.45, 7) is 8.90. The number of nitrogens with one attached hydrogen (secondary N) is 2. The van der Waals surface area contributed by atoms with Gasteiger partial charge in [0, 0.05) is 13.1 Å². The Hall–Kier alpha value is -1.30. The summed E-state index contributed by atoms with van der Waals surface area (Å²) in [6, 6.07) is -1.30. The summed E-state index contributed by atoms with van der Waals surface area (Å²) >= 11 is 0. The molecule has 2 amide bonds. The number of carbonyl (C=O) groups excluding carboxylic acids is 1. The fourth-order valence-corrected chi connectivity index (χ4v) is 2.16. The Bertz CT molecular complexity index is 320. The predicted octanol–water partition coefficient (Wildman–Crippen LogP) is 0.881. The third-order valence-electron chi connectivity index (χ3n) is 3.30. The van der Waals surface area contributed by atoms with E-state index in [2.05, 4.69) is 15.5 Å². The van der Waals surface area contributed by atoms with Gasteiger partial charge in [0.15, 0.2) is 0 Å². The Morgan fingerprint density at radius 3 is 2.32 bits per heavy atom. The minimum Gasteiger partial charge on any atom is -0.480 e. The molecule has 3 N–H and O–H groups in total. The van der Waals surface area contributed by atoms with E-state index in [1.165, 1.54) is 12.8 Å². The van der Waals surface area contributed by atoms with Gasteiger partial charge in [-0.05, 0) is 31.3 Å². The molecule has 0 radical (unpaired) electrons. The number of rotatable bonds is 5. The molecule has 1 fully saturated rings. The normalized spacial score (nSPS) is 18.1. The number of amides is 2. The molecule has 0 aliphatic carbocycles. The van der Waals surface area contributed by atoms with Gasteiger partial charge in [0.05, 0.1) is 0 Å². The maximum atomic E-state index is 11.7. The summed E-state index contributed by atoms with van der Waals surface area (Å²) < 4.78 is 0. The molecule has 1 saturated heterocycles. The highest BCUT2D eigenvalue weighted by atomic mass is 16.4.